The molecule has 1 aliphatic rings. The Hall–Kier alpha value is -4.01. The SMILES string of the molecule is CCCCOc1ccc(C2C(C(=O)OCc3ccccc3)=C(C)N=c3s/c(=C\c4c(F)cccc4Cl)c(=O)n32)cc1. The van der Waals surface area contributed by atoms with Crippen molar-refractivity contribution >= 4 is 35.0 Å². The third kappa shape index (κ3) is 6.19. The number of allylic oxidation sites excluding steroid dienone is 1. The number of benzene rings is 3. The van der Waals surface area contributed by atoms with E-state index in [1.165, 1.54) is 22.8 Å². The second kappa shape index (κ2) is 12.7. The number of carbonyl (C=O) groups is 1. The molecule has 0 aliphatic carbocycles. The topological polar surface area (TPSA) is 69.9 Å². The Bertz CT molecular complexity index is 1760. The molecule has 0 radical (unpaired) electrons. The predicted molar refractivity (Wildman–Crippen MR) is 158 cm³/mol. The zero-order valence-electron chi connectivity index (χ0n) is 22.6. The number of halogens is 2. The van der Waals surface area contributed by atoms with Crippen LogP contribution in [0.2, 0.25) is 5.02 Å². The van der Waals surface area contributed by atoms with Gasteiger partial charge in [-0.15, -0.1) is 0 Å². The van der Waals surface area contributed by atoms with Crippen molar-refractivity contribution in [1.29, 1.82) is 0 Å². The van der Waals surface area contributed by atoms with E-state index in [0.717, 1.165) is 29.7 Å². The van der Waals surface area contributed by atoms with Crippen LogP contribution in [0.5, 0.6) is 5.75 Å². The minimum Gasteiger partial charge on any atom is -0.494 e. The molecule has 0 fully saturated rings. The first-order valence-corrected chi connectivity index (χ1v) is 14.5. The molecule has 210 valence electrons. The van der Waals surface area contributed by atoms with Gasteiger partial charge in [-0.3, -0.25) is 9.36 Å². The van der Waals surface area contributed by atoms with Crippen molar-refractivity contribution in [2.24, 2.45) is 4.99 Å². The van der Waals surface area contributed by atoms with E-state index in [1.54, 1.807) is 13.0 Å². The summed E-state index contributed by atoms with van der Waals surface area (Å²) in [5.74, 6) is -0.424. The number of carbonyl (C=O) groups excluding carboxylic acids is 1. The van der Waals surface area contributed by atoms with Crippen LogP contribution in [-0.4, -0.2) is 17.1 Å². The number of nitrogens with zero attached hydrogens (tertiary/aromatic N) is 2. The molecule has 0 spiro atoms. The lowest BCUT2D eigenvalue weighted by atomic mass is 9.96. The standard InChI is InChI=1S/C32H28ClFN2O4S/c1-3-4-17-39-23-15-13-22(14-16-23)29-28(31(38)40-19-21-9-6-5-7-10-21)20(2)35-32-36(29)30(37)27(41-32)18-24-25(33)11-8-12-26(24)34/h5-16,18,29H,3-4,17,19H2,1-2H3/b27-18-. The van der Waals surface area contributed by atoms with Gasteiger partial charge in [0, 0.05) is 5.56 Å². The fraction of sp³-hybridized carbons (Fsp3) is 0.219. The lowest BCUT2D eigenvalue weighted by Gasteiger charge is -2.25. The van der Waals surface area contributed by atoms with Crippen molar-refractivity contribution in [1.82, 2.24) is 4.57 Å². The number of ether oxygens (including phenoxy) is 2. The number of thiazole rings is 1. The Kier molecular flexibility index (Phi) is 8.81. The van der Waals surface area contributed by atoms with Crippen LogP contribution in [0.25, 0.3) is 6.08 Å². The summed E-state index contributed by atoms with van der Waals surface area (Å²) in [5.41, 5.74) is 1.91. The minimum absolute atomic E-state index is 0.0730. The van der Waals surface area contributed by atoms with Crippen LogP contribution >= 0.6 is 22.9 Å². The van der Waals surface area contributed by atoms with Gasteiger partial charge in [0.1, 0.15) is 18.2 Å². The molecular formula is C32H28ClFN2O4S. The van der Waals surface area contributed by atoms with Crippen LogP contribution < -0.4 is 19.6 Å². The summed E-state index contributed by atoms with van der Waals surface area (Å²) >= 11 is 7.35. The molecule has 9 heteroatoms. The number of fused-ring (bicyclic) bond motifs is 1. The van der Waals surface area contributed by atoms with Crippen molar-refractivity contribution < 1.29 is 18.7 Å². The molecule has 3 aromatic carbocycles. The quantitative estimate of drug-likeness (QED) is 0.178. The second-order valence-corrected chi connectivity index (χ2v) is 11.0. The maximum atomic E-state index is 14.6. The van der Waals surface area contributed by atoms with E-state index in [1.807, 2.05) is 54.6 Å². The number of rotatable bonds is 9. The predicted octanol–water partition coefficient (Wildman–Crippen LogP) is 5.95. The minimum atomic E-state index is -0.808. The maximum absolute atomic E-state index is 14.6. The number of unbranched alkanes of at least 4 members (excludes halogenated alkanes) is 1. The summed E-state index contributed by atoms with van der Waals surface area (Å²) in [5, 5.41) is 0.187. The molecule has 2 heterocycles. The molecule has 1 aliphatic heterocycles. The van der Waals surface area contributed by atoms with E-state index in [9.17, 15) is 14.0 Å². The Morgan fingerprint density at radius 3 is 2.56 bits per heavy atom. The molecule has 0 N–H and O–H groups in total. The summed E-state index contributed by atoms with van der Waals surface area (Å²) in [4.78, 5) is 32.4. The zero-order chi connectivity index (χ0) is 28.9. The van der Waals surface area contributed by atoms with Crippen LogP contribution in [0.4, 0.5) is 4.39 Å². The van der Waals surface area contributed by atoms with Gasteiger partial charge in [-0.25, -0.2) is 14.2 Å². The van der Waals surface area contributed by atoms with Gasteiger partial charge in [0.05, 0.1) is 33.5 Å². The summed E-state index contributed by atoms with van der Waals surface area (Å²) in [6, 6.07) is 20.2. The van der Waals surface area contributed by atoms with Crippen molar-refractivity contribution in [2.75, 3.05) is 6.61 Å². The van der Waals surface area contributed by atoms with E-state index in [0.29, 0.717) is 28.4 Å². The van der Waals surface area contributed by atoms with Crippen LogP contribution in [0, 0.1) is 5.82 Å². The second-order valence-electron chi connectivity index (χ2n) is 9.55. The third-order valence-electron chi connectivity index (χ3n) is 6.69. The van der Waals surface area contributed by atoms with Gasteiger partial charge in [0.15, 0.2) is 4.80 Å². The molecule has 0 saturated carbocycles. The Morgan fingerprint density at radius 1 is 1.10 bits per heavy atom. The molecule has 4 aromatic rings. The normalized spacial score (nSPS) is 14.9. The van der Waals surface area contributed by atoms with E-state index in [4.69, 9.17) is 21.1 Å². The highest BCUT2D eigenvalue weighted by molar-refractivity contribution is 7.07. The zero-order valence-corrected chi connectivity index (χ0v) is 24.2. The smallest absolute Gasteiger partial charge is 0.338 e. The highest BCUT2D eigenvalue weighted by Gasteiger charge is 2.33. The lowest BCUT2D eigenvalue weighted by Crippen LogP contribution is -2.39. The van der Waals surface area contributed by atoms with Gasteiger partial charge in [-0.2, -0.15) is 0 Å². The summed E-state index contributed by atoms with van der Waals surface area (Å²) in [6.07, 6.45) is 3.38. The lowest BCUT2D eigenvalue weighted by molar-refractivity contribution is -0.140. The van der Waals surface area contributed by atoms with E-state index in [2.05, 4.69) is 11.9 Å². The van der Waals surface area contributed by atoms with Gasteiger partial charge >= 0.3 is 5.97 Å². The van der Waals surface area contributed by atoms with Crippen LogP contribution in [0.1, 0.15) is 49.4 Å². The highest BCUT2D eigenvalue weighted by Crippen LogP contribution is 2.32. The Balaban J connectivity index is 1.59. The van der Waals surface area contributed by atoms with Crippen LogP contribution in [0.15, 0.2) is 93.9 Å². The summed E-state index contributed by atoms with van der Waals surface area (Å²) < 4.78 is 27.8. The van der Waals surface area contributed by atoms with Crippen LogP contribution in [0.3, 0.4) is 0 Å². The first-order valence-electron chi connectivity index (χ1n) is 13.3. The van der Waals surface area contributed by atoms with E-state index in [-0.39, 0.29) is 27.3 Å². The van der Waals surface area contributed by atoms with Crippen molar-refractivity contribution in [2.45, 2.75) is 39.3 Å². The Labute approximate surface area is 245 Å². The average molecular weight is 591 g/mol. The third-order valence-corrected chi connectivity index (χ3v) is 8.00. The van der Waals surface area contributed by atoms with Crippen LogP contribution in [-0.2, 0) is 16.1 Å². The molecule has 1 aromatic heterocycles. The largest absolute Gasteiger partial charge is 0.494 e. The molecule has 0 bridgehead atoms. The van der Waals surface area contributed by atoms with E-state index >= 15 is 0 Å². The average Bonchev–Trinajstić information content (AvgIpc) is 3.28. The van der Waals surface area contributed by atoms with Gasteiger partial charge < -0.3 is 9.47 Å². The van der Waals surface area contributed by atoms with E-state index < -0.39 is 23.4 Å². The fourth-order valence-corrected chi connectivity index (χ4v) is 5.81. The van der Waals surface area contributed by atoms with Crippen molar-refractivity contribution in [3.05, 3.63) is 131 Å². The molecule has 0 amide bonds. The van der Waals surface area contributed by atoms with Gasteiger partial charge in [-0.05, 0) is 54.8 Å². The van der Waals surface area contributed by atoms with Gasteiger partial charge in [0.2, 0.25) is 0 Å². The highest BCUT2D eigenvalue weighted by atomic mass is 35.5. The molecule has 41 heavy (non-hydrogen) atoms. The summed E-state index contributed by atoms with van der Waals surface area (Å²) in [7, 11) is 0. The maximum Gasteiger partial charge on any atom is 0.338 e. The molecular weight excluding hydrogens is 563 g/mol. The molecule has 1 unspecified atom stereocenters. The van der Waals surface area contributed by atoms with Crippen molar-refractivity contribution in [3.8, 4) is 5.75 Å². The molecule has 1 atom stereocenters. The number of esters is 1. The first kappa shape index (κ1) is 28.5. The first-order chi connectivity index (χ1) is 19.9. The molecule has 5 rings (SSSR count). The monoisotopic (exact) mass is 590 g/mol. The van der Waals surface area contributed by atoms with Gasteiger partial charge in [0.25, 0.3) is 5.56 Å². The van der Waals surface area contributed by atoms with Crippen molar-refractivity contribution in [3.63, 3.8) is 0 Å². The molecule has 0 saturated heterocycles. The summed E-state index contributed by atoms with van der Waals surface area (Å²) in [6.45, 7) is 4.48. The molecule has 6 nitrogen and oxygen atoms in total. The number of aromatic nitrogens is 1. The fourth-order valence-electron chi connectivity index (χ4n) is 4.56. The number of hydrogen-bond acceptors (Lipinski definition) is 6. The van der Waals surface area contributed by atoms with Gasteiger partial charge in [-0.1, -0.05) is 84.8 Å². The Morgan fingerprint density at radius 2 is 1.85 bits per heavy atom. The number of hydrogen-bond donors (Lipinski definition) is 0.